The molecule has 3 N–H and O–H groups in total. The fourth-order valence-electron chi connectivity index (χ4n) is 2.07. The van der Waals surface area contributed by atoms with Crippen molar-refractivity contribution in [3.8, 4) is 0 Å². The Morgan fingerprint density at radius 3 is 2.21 bits per heavy atom. The molecule has 0 radical (unpaired) electrons. The fraction of sp³-hybridized carbons (Fsp3) is 0.562. The normalized spacial score (nSPS) is 13.0. The lowest BCUT2D eigenvalue weighted by Crippen LogP contribution is -2.49. The second kappa shape index (κ2) is 9.34. The summed E-state index contributed by atoms with van der Waals surface area (Å²) < 4.78 is 37.6. The van der Waals surface area contributed by atoms with Gasteiger partial charge >= 0.3 is 0 Å². The molecule has 1 aromatic rings. The Labute approximate surface area is 149 Å². The summed E-state index contributed by atoms with van der Waals surface area (Å²) in [5.41, 5.74) is 5.62. The molecule has 0 fully saturated rings. The van der Waals surface area contributed by atoms with Crippen LogP contribution < -0.4 is 11.1 Å². The Bertz CT molecular complexity index is 631. The van der Waals surface area contributed by atoms with Crippen molar-refractivity contribution >= 4 is 28.2 Å². The number of hydrogen-bond donors (Lipinski definition) is 2. The van der Waals surface area contributed by atoms with Gasteiger partial charge in [-0.15, -0.1) is 12.4 Å². The van der Waals surface area contributed by atoms with Crippen LogP contribution in [0.25, 0.3) is 0 Å². The molecule has 8 heteroatoms. The molecule has 0 aliphatic rings. The van der Waals surface area contributed by atoms with Crippen LogP contribution in [0.15, 0.2) is 29.2 Å². The zero-order valence-electron chi connectivity index (χ0n) is 14.2. The summed E-state index contributed by atoms with van der Waals surface area (Å²) in [7, 11) is -3.67. The molecule has 0 aliphatic heterocycles. The second-order valence-corrected chi connectivity index (χ2v) is 8.23. The summed E-state index contributed by atoms with van der Waals surface area (Å²) in [6.07, 6.45) is 1.27. The monoisotopic (exact) mass is 380 g/mol. The average molecular weight is 381 g/mol. The van der Waals surface area contributed by atoms with E-state index in [0.717, 1.165) is 12.1 Å². The number of halogens is 2. The van der Waals surface area contributed by atoms with Crippen molar-refractivity contribution in [1.82, 2.24) is 5.32 Å². The molecule has 138 valence electrons. The maximum Gasteiger partial charge on any atom is 0.221 e. The third-order valence-electron chi connectivity index (χ3n) is 4.19. The van der Waals surface area contributed by atoms with Gasteiger partial charge in [0, 0.05) is 18.5 Å². The SMILES string of the molecule is CCC(N)(CC)CNC(=O)CC(C)S(=O)(=O)c1ccc(F)cc1.Cl. The molecule has 0 heterocycles. The predicted octanol–water partition coefficient (Wildman–Crippen LogP) is 2.43. The quantitative estimate of drug-likeness (QED) is 0.678. The van der Waals surface area contributed by atoms with E-state index in [1.54, 1.807) is 0 Å². The number of amides is 1. The van der Waals surface area contributed by atoms with E-state index in [1.165, 1.54) is 19.1 Å². The van der Waals surface area contributed by atoms with Crippen molar-refractivity contribution in [3.63, 3.8) is 0 Å². The number of hydrogen-bond acceptors (Lipinski definition) is 4. The summed E-state index contributed by atoms with van der Waals surface area (Å²) >= 11 is 0. The molecule has 0 aromatic heterocycles. The number of carbonyl (C=O) groups excluding carboxylic acids is 1. The largest absolute Gasteiger partial charge is 0.354 e. The highest BCUT2D eigenvalue weighted by Gasteiger charge is 2.27. The van der Waals surface area contributed by atoms with Gasteiger partial charge in [0.05, 0.1) is 10.1 Å². The van der Waals surface area contributed by atoms with Crippen LogP contribution in [0, 0.1) is 5.82 Å². The van der Waals surface area contributed by atoms with Gasteiger partial charge in [0.1, 0.15) is 5.82 Å². The number of benzene rings is 1. The van der Waals surface area contributed by atoms with Gasteiger partial charge in [-0.2, -0.15) is 0 Å². The molecule has 1 atom stereocenters. The molecule has 1 amide bonds. The number of nitrogens with two attached hydrogens (primary N) is 1. The van der Waals surface area contributed by atoms with Crippen molar-refractivity contribution < 1.29 is 17.6 Å². The lowest BCUT2D eigenvalue weighted by atomic mass is 9.94. The summed E-state index contributed by atoms with van der Waals surface area (Å²) in [4.78, 5) is 12.0. The van der Waals surface area contributed by atoms with Gasteiger partial charge in [-0.05, 0) is 44.0 Å². The standard InChI is InChI=1S/C16H25FN2O3S.ClH/c1-4-16(18,5-2)11-19-15(20)10-12(3)23(21,22)14-8-6-13(17)7-9-14;/h6-9,12H,4-5,10-11,18H2,1-3H3,(H,19,20);1H. The van der Waals surface area contributed by atoms with Gasteiger partial charge in [0.2, 0.25) is 5.91 Å². The smallest absolute Gasteiger partial charge is 0.221 e. The molecular formula is C16H26ClFN2O3S. The van der Waals surface area contributed by atoms with Crippen molar-refractivity contribution in [3.05, 3.63) is 30.1 Å². The molecule has 1 aromatic carbocycles. The predicted molar refractivity (Wildman–Crippen MR) is 95.4 cm³/mol. The minimum absolute atomic E-state index is 0. The van der Waals surface area contributed by atoms with Gasteiger partial charge in [-0.1, -0.05) is 13.8 Å². The lowest BCUT2D eigenvalue weighted by Gasteiger charge is -2.27. The van der Waals surface area contributed by atoms with Crippen molar-refractivity contribution in [2.45, 2.75) is 55.7 Å². The van der Waals surface area contributed by atoms with Crippen molar-refractivity contribution in [1.29, 1.82) is 0 Å². The molecule has 0 spiro atoms. The minimum atomic E-state index is -3.67. The van der Waals surface area contributed by atoms with E-state index in [0.29, 0.717) is 19.4 Å². The van der Waals surface area contributed by atoms with E-state index in [1.807, 2.05) is 13.8 Å². The van der Waals surface area contributed by atoms with Crippen LogP contribution >= 0.6 is 12.4 Å². The van der Waals surface area contributed by atoms with Crippen LogP contribution in [0.4, 0.5) is 4.39 Å². The number of nitrogens with one attached hydrogen (secondary N) is 1. The molecule has 0 saturated carbocycles. The Morgan fingerprint density at radius 1 is 1.25 bits per heavy atom. The zero-order valence-corrected chi connectivity index (χ0v) is 15.8. The van der Waals surface area contributed by atoms with Crippen LogP contribution in [0.1, 0.15) is 40.0 Å². The number of sulfone groups is 1. The van der Waals surface area contributed by atoms with Crippen LogP contribution in [0.2, 0.25) is 0 Å². The van der Waals surface area contributed by atoms with Gasteiger partial charge < -0.3 is 11.1 Å². The minimum Gasteiger partial charge on any atom is -0.354 e. The number of rotatable bonds is 8. The van der Waals surface area contributed by atoms with Crippen LogP contribution in [-0.4, -0.2) is 31.7 Å². The molecule has 24 heavy (non-hydrogen) atoms. The highest BCUT2D eigenvalue weighted by molar-refractivity contribution is 7.92. The first-order chi connectivity index (χ1) is 10.6. The first-order valence-electron chi connectivity index (χ1n) is 7.69. The molecule has 1 unspecified atom stereocenters. The lowest BCUT2D eigenvalue weighted by molar-refractivity contribution is -0.121. The Morgan fingerprint density at radius 2 is 1.75 bits per heavy atom. The first kappa shape index (κ1) is 22.8. The second-order valence-electron chi connectivity index (χ2n) is 5.86. The van der Waals surface area contributed by atoms with Gasteiger partial charge in [-0.25, -0.2) is 12.8 Å². The Kier molecular flexibility index (Phi) is 8.88. The van der Waals surface area contributed by atoms with Crippen LogP contribution in [0.3, 0.4) is 0 Å². The van der Waals surface area contributed by atoms with E-state index in [4.69, 9.17) is 5.73 Å². The highest BCUT2D eigenvalue weighted by atomic mass is 35.5. The molecule has 0 saturated heterocycles. The Hall–Kier alpha value is -1.18. The van der Waals surface area contributed by atoms with E-state index >= 15 is 0 Å². The zero-order chi connectivity index (χ0) is 17.7. The highest BCUT2D eigenvalue weighted by Crippen LogP contribution is 2.18. The van der Waals surface area contributed by atoms with E-state index in [2.05, 4.69) is 5.32 Å². The van der Waals surface area contributed by atoms with E-state index < -0.39 is 26.4 Å². The third kappa shape index (κ3) is 6.03. The average Bonchev–Trinajstić information content (AvgIpc) is 2.53. The fourth-order valence-corrected chi connectivity index (χ4v) is 3.43. The Balaban J connectivity index is 0.00000529. The summed E-state index contributed by atoms with van der Waals surface area (Å²) in [6.45, 7) is 5.66. The molecule has 1 rings (SSSR count). The van der Waals surface area contributed by atoms with E-state index in [-0.39, 0.29) is 29.6 Å². The summed E-state index contributed by atoms with van der Waals surface area (Å²) in [5, 5.41) is 1.80. The maximum atomic E-state index is 12.9. The summed E-state index contributed by atoms with van der Waals surface area (Å²) in [6, 6.07) is 4.59. The third-order valence-corrected chi connectivity index (χ3v) is 6.35. The number of carbonyl (C=O) groups is 1. The molecule has 5 nitrogen and oxygen atoms in total. The topological polar surface area (TPSA) is 89.3 Å². The molecule has 0 aliphatic carbocycles. The van der Waals surface area contributed by atoms with Crippen molar-refractivity contribution in [2.75, 3.05) is 6.54 Å². The van der Waals surface area contributed by atoms with Crippen molar-refractivity contribution in [2.24, 2.45) is 5.73 Å². The van der Waals surface area contributed by atoms with Gasteiger partial charge in [0.15, 0.2) is 9.84 Å². The van der Waals surface area contributed by atoms with Gasteiger partial charge in [0.25, 0.3) is 0 Å². The van der Waals surface area contributed by atoms with Crippen LogP contribution in [-0.2, 0) is 14.6 Å². The van der Waals surface area contributed by atoms with Gasteiger partial charge in [-0.3, -0.25) is 4.79 Å². The summed E-state index contributed by atoms with van der Waals surface area (Å²) in [5.74, 6) is -0.868. The molecule has 0 bridgehead atoms. The maximum absolute atomic E-state index is 12.9. The molecular weight excluding hydrogens is 355 g/mol. The van der Waals surface area contributed by atoms with E-state index in [9.17, 15) is 17.6 Å². The first-order valence-corrected chi connectivity index (χ1v) is 9.24. The van der Waals surface area contributed by atoms with Crippen LogP contribution in [0.5, 0.6) is 0 Å².